The van der Waals surface area contributed by atoms with Gasteiger partial charge in [0.05, 0.1) is 6.61 Å². The van der Waals surface area contributed by atoms with Crippen LogP contribution in [0, 0.1) is 6.92 Å². The minimum absolute atomic E-state index is 0.0753. The zero-order valence-electron chi connectivity index (χ0n) is 16.1. The highest BCUT2D eigenvalue weighted by atomic mass is 16.5. The predicted molar refractivity (Wildman–Crippen MR) is 109 cm³/mol. The number of ether oxygens (including phenoxy) is 1. The van der Waals surface area contributed by atoms with Gasteiger partial charge in [-0.2, -0.15) is 0 Å². The van der Waals surface area contributed by atoms with Gasteiger partial charge in [-0.15, -0.1) is 0 Å². The first-order valence-corrected chi connectivity index (χ1v) is 10.0. The molecule has 1 atom stereocenters. The maximum Gasteiger partial charge on any atom is 0.161 e. The van der Waals surface area contributed by atoms with E-state index in [0.29, 0.717) is 6.61 Å². The largest absolute Gasteiger partial charge is 0.370 e. The van der Waals surface area contributed by atoms with E-state index >= 15 is 0 Å². The summed E-state index contributed by atoms with van der Waals surface area (Å²) in [6.45, 7) is 4.55. The minimum atomic E-state index is 0.0753. The van der Waals surface area contributed by atoms with Gasteiger partial charge in [-0.25, -0.2) is 9.97 Å². The summed E-state index contributed by atoms with van der Waals surface area (Å²) in [5.41, 5.74) is 6.10. The SMILES string of the molecule is Cc1ccccc1C1CN(c2nc(-c3ccncc3)nc3c2CCC3)CCO1. The Labute approximate surface area is 165 Å². The topological polar surface area (TPSA) is 51.1 Å². The van der Waals surface area contributed by atoms with Crippen LogP contribution in [-0.4, -0.2) is 34.6 Å². The van der Waals surface area contributed by atoms with Gasteiger partial charge in [-0.1, -0.05) is 24.3 Å². The molecule has 1 unspecified atom stereocenters. The lowest BCUT2D eigenvalue weighted by molar-refractivity contribution is 0.0391. The van der Waals surface area contributed by atoms with Crippen molar-refractivity contribution in [3.05, 3.63) is 71.2 Å². The number of rotatable bonds is 3. The van der Waals surface area contributed by atoms with E-state index in [2.05, 4.69) is 41.1 Å². The number of fused-ring (bicyclic) bond motifs is 1. The zero-order chi connectivity index (χ0) is 18.9. The Hall–Kier alpha value is -2.79. The number of hydrogen-bond acceptors (Lipinski definition) is 5. The van der Waals surface area contributed by atoms with Crippen molar-refractivity contribution in [3.8, 4) is 11.4 Å². The van der Waals surface area contributed by atoms with Gasteiger partial charge in [0.15, 0.2) is 5.82 Å². The maximum atomic E-state index is 6.14. The molecule has 0 spiro atoms. The molecule has 0 amide bonds. The highest BCUT2D eigenvalue weighted by molar-refractivity contribution is 5.61. The third-order valence-corrected chi connectivity index (χ3v) is 5.75. The molecule has 1 aliphatic carbocycles. The van der Waals surface area contributed by atoms with Gasteiger partial charge in [-0.05, 0) is 49.4 Å². The molecule has 3 heterocycles. The van der Waals surface area contributed by atoms with Gasteiger partial charge in [0.1, 0.15) is 11.9 Å². The van der Waals surface area contributed by atoms with Crippen molar-refractivity contribution in [2.75, 3.05) is 24.6 Å². The van der Waals surface area contributed by atoms with Crippen molar-refractivity contribution >= 4 is 5.82 Å². The van der Waals surface area contributed by atoms with Crippen molar-refractivity contribution in [1.29, 1.82) is 0 Å². The average Bonchev–Trinajstić information content (AvgIpc) is 3.23. The Kier molecular flexibility index (Phi) is 4.53. The van der Waals surface area contributed by atoms with Crippen molar-refractivity contribution in [3.63, 3.8) is 0 Å². The molecular formula is C23H24N4O. The predicted octanol–water partition coefficient (Wildman–Crippen LogP) is 3.91. The van der Waals surface area contributed by atoms with Crippen LogP contribution in [0.25, 0.3) is 11.4 Å². The summed E-state index contributed by atoms with van der Waals surface area (Å²) in [4.78, 5) is 16.4. The number of anilines is 1. The second kappa shape index (κ2) is 7.32. The Morgan fingerprint density at radius 3 is 2.75 bits per heavy atom. The number of aromatic nitrogens is 3. The Morgan fingerprint density at radius 1 is 1.04 bits per heavy atom. The summed E-state index contributed by atoms with van der Waals surface area (Å²) in [7, 11) is 0. The lowest BCUT2D eigenvalue weighted by Gasteiger charge is -2.35. The molecule has 0 bridgehead atoms. The fourth-order valence-electron chi connectivity index (χ4n) is 4.28. The van der Waals surface area contributed by atoms with E-state index in [1.807, 2.05) is 12.1 Å². The van der Waals surface area contributed by atoms with Gasteiger partial charge in [0.25, 0.3) is 0 Å². The van der Waals surface area contributed by atoms with Crippen LogP contribution in [0.4, 0.5) is 5.82 Å². The molecule has 2 aromatic heterocycles. The number of morpholine rings is 1. The quantitative estimate of drug-likeness (QED) is 0.698. The third kappa shape index (κ3) is 3.16. The summed E-state index contributed by atoms with van der Waals surface area (Å²) in [5, 5.41) is 0. The minimum Gasteiger partial charge on any atom is -0.370 e. The smallest absolute Gasteiger partial charge is 0.161 e. The molecule has 0 saturated carbocycles. The number of aryl methyl sites for hydroxylation is 2. The van der Waals surface area contributed by atoms with E-state index in [1.165, 1.54) is 22.4 Å². The number of hydrogen-bond donors (Lipinski definition) is 0. The molecule has 1 aliphatic heterocycles. The van der Waals surface area contributed by atoms with E-state index in [4.69, 9.17) is 14.7 Å². The van der Waals surface area contributed by atoms with Gasteiger partial charge in [-0.3, -0.25) is 4.98 Å². The van der Waals surface area contributed by atoms with Gasteiger partial charge >= 0.3 is 0 Å². The van der Waals surface area contributed by atoms with Crippen LogP contribution < -0.4 is 4.90 Å². The van der Waals surface area contributed by atoms with Crippen molar-refractivity contribution in [2.24, 2.45) is 0 Å². The van der Waals surface area contributed by atoms with Crippen LogP contribution in [-0.2, 0) is 17.6 Å². The molecular weight excluding hydrogens is 348 g/mol. The summed E-state index contributed by atoms with van der Waals surface area (Å²) in [5.74, 6) is 1.90. The second-order valence-electron chi connectivity index (χ2n) is 7.55. The monoisotopic (exact) mass is 372 g/mol. The van der Waals surface area contributed by atoms with Crippen LogP contribution in [0.2, 0.25) is 0 Å². The third-order valence-electron chi connectivity index (χ3n) is 5.75. The van der Waals surface area contributed by atoms with Gasteiger partial charge < -0.3 is 9.64 Å². The van der Waals surface area contributed by atoms with Crippen LogP contribution >= 0.6 is 0 Å². The van der Waals surface area contributed by atoms with Crippen LogP contribution in [0.1, 0.15) is 34.9 Å². The molecule has 5 nitrogen and oxygen atoms in total. The van der Waals surface area contributed by atoms with E-state index in [-0.39, 0.29) is 6.10 Å². The Morgan fingerprint density at radius 2 is 1.89 bits per heavy atom. The first-order chi connectivity index (χ1) is 13.8. The Bertz CT molecular complexity index is 989. The highest BCUT2D eigenvalue weighted by Crippen LogP contribution is 2.34. The maximum absolute atomic E-state index is 6.14. The molecule has 28 heavy (non-hydrogen) atoms. The van der Waals surface area contributed by atoms with Gasteiger partial charge in [0.2, 0.25) is 0 Å². The van der Waals surface area contributed by atoms with E-state index in [1.54, 1.807) is 12.4 Å². The normalized spacial score (nSPS) is 18.9. The lowest BCUT2D eigenvalue weighted by Crippen LogP contribution is -2.39. The Balaban J connectivity index is 1.52. The summed E-state index contributed by atoms with van der Waals surface area (Å²) in [6.07, 6.45) is 6.93. The number of nitrogens with zero attached hydrogens (tertiary/aromatic N) is 4. The molecule has 0 N–H and O–H groups in total. The molecule has 1 fully saturated rings. The fraction of sp³-hybridized carbons (Fsp3) is 0.348. The van der Waals surface area contributed by atoms with E-state index in [0.717, 1.165) is 49.6 Å². The number of benzene rings is 1. The lowest BCUT2D eigenvalue weighted by atomic mass is 10.0. The molecule has 5 heteroatoms. The molecule has 1 saturated heterocycles. The average molecular weight is 372 g/mol. The van der Waals surface area contributed by atoms with E-state index < -0.39 is 0 Å². The molecule has 142 valence electrons. The standard InChI is InChI=1S/C23H24N4O/c1-16-5-2-3-6-18(16)21-15-27(13-14-28-21)23-19-7-4-8-20(19)25-22(26-23)17-9-11-24-12-10-17/h2-3,5-6,9-12,21H,4,7-8,13-15H2,1H3. The summed E-state index contributed by atoms with van der Waals surface area (Å²) >= 11 is 0. The molecule has 1 aromatic carbocycles. The molecule has 5 rings (SSSR count). The van der Waals surface area contributed by atoms with Crippen molar-refractivity contribution < 1.29 is 4.74 Å². The molecule has 2 aliphatic rings. The van der Waals surface area contributed by atoms with Gasteiger partial charge in [0, 0.05) is 42.3 Å². The summed E-state index contributed by atoms with van der Waals surface area (Å²) < 4.78 is 6.14. The highest BCUT2D eigenvalue weighted by Gasteiger charge is 2.28. The fourth-order valence-corrected chi connectivity index (χ4v) is 4.28. The van der Waals surface area contributed by atoms with E-state index in [9.17, 15) is 0 Å². The van der Waals surface area contributed by atoms with Crippen molar-refractivity contribution in [2.45, 2.75) is 32.3 Å². The number of pyridine rings is 1. The van der Waals surface area contributed by atoms with Crippen LogP contribution in [0.15, 0.2) is 48.8 Å². The zero-order valence-corrected chi connectivity index (χ0v) is 16.1. The second-order valence-corrected chi connectivity index (χ2v) is 7.55. The molecule has 3 aromatic rings. The summed E-state index contributed by atoms with van der Waals surface area (Å²) in [6, 6.07) is 12.5. The van der Waals surface area contributed by atoms with Crippen LogP contribution in [0.3, 0.4) is 0 Å². The first kappa shape index (κ1) is 17.3. The molecule has 0 radical (unpaired) electrons. The first-order valence-electron chi connectivity index (χ1n) is 10.0. The van der Waals surface area contributed by atoms with Crippen LogP contribution in [0.5, 0.6) is 0 Å². The van der Waals surface area contributed by atoms with Crippen molar-refractivity contribution in [1.82, 2.24) is 15.0 Å².